The van der Waals surface area contributed by atoms with Crippen LogP contribution in [0.5, 0.6) is 0 Å². The van der Waals surface area contributed by atoms with Crippen LogP contribution in [0.1, 0.15) is 38.5 Å². The Hall–Kier alpha value is -0.120. The van der Waals surface area contributed by atoms with E-state index < -0.39 is 0 Å². The molecule has 0 spiro atoms. The van der Waals surface area contributed by atoms with Gasteiger partial charge in [-0.05, 0) is 45.1 Å². The molecule has 2 fully saturated rings. The fourth-order valence-electron chi connectivity index (χ4n) is 2.48. The van der Waals surface area contributed by atoms with Crippen molar-refractivity contribution in [2.75, 3.05) is 13.2 Å². The van der Waals surface area contributed by atoms with Crippen LogP contribution in [0.25, 0.3) is 0 Å². The molecule has 0 radical (unpaired) electrons. The molecule has 14 heavy (non-hydrogen) atoms. The first-order chi connectivity index (χ1) is 6.86. The third kappa shape index (κ3) is 2.69. The summed E-state index contributed by atoms with van der Waals surface area (Å²) in [6.07, 6.45) is 7.17. The van der Waals surface area contributed by atoms with E-state index in [1.165, 1.54) is 19.3 Å². The number of nitrogens with one attached hydrogen (secondary N) is 1. The molecule has 0 aromatic rings. The summed E-state index contributed by atoms with van der Waals surface area (Å²) in [5, 5.41) is 13.0. The predicted molar refractivity (Wildman–Crippen MR) is 55.2 cm³/mol. The van der Waals surface area contributed by atoms with Crippen LogP contribution < -0.4 is 5.32 Å². The Kier molecular flexibility index (Phi) is 3.79. The van der Waals surface area contributed by atoms with Crippen LogP contribution in [-0.4, -0.2) is 36.5 Å². The van der Waals surface area contributed by atoms with Gasteiger partial charge < -0.3 is 15.2 Å². The van der Waals surface area contributed by atoms with E-state index in [-0.39, 0.29) is 6.10 Å². The molecule has 2 aliphatic rings. The summed E-state index contributed by atoms with van der Waals surface area (Å²) in [5.41, 5.74) is 0. The molecule has 1 saturated heterocycles. The third-order valence-electron chi connectivity index (χ3n) is 3.38. The summed E-state index contributed by atoms with van der Waals surface area (Å²) in [4.78, 5) is 0. The third-order valence-corrected chi connectivity index (χ3v) is 3.38. The molecule has 2 rings (SSSR count). The SMILES string of the molecule is O[C@@H]1CCC[C@H]1NCCC1CCCO1. The number of aliphatic hydroxyl groups excluding tert-OH is 1. The maximum Gasteiger partial charge on any atom is 0.0693 e. The lowest BCUT2D eigenvalue weighted by Gasteiger charge is -2.17. The van der Waals surface area contributed by atoms with Gasteiger partial charge in [-0.15, -0.1) is 0 Å². The summed E-state index contributed by atoms with van der Waals surface area (Å²) in [7, 11) is 0. The Labute approximate surface area is 85.8 Å². The first kappa shape index (κ1) is 10.4. The molecule has 1 aliphatic heterocycles. The molecule has 1 saturated carbocycles. The molecule has 0 aromatic heterocycles. The lowest BCUT2D eigenvalue weighted by atomic mass is 10.1. The van der Waals surface area contributed by atoms with E-state index >= 15 is 0 Å². The van der Waals surface area contributed by atoms with E-state index in [4.69, 9.17) is 4.74 Å². The van der Waals surface area contributed by atoms with Gasteiger partial charge in [0.25, 0.3) is 0 Å². The molecule has 82 valence electrons. The van der Waals surface area contributed by atoms with Crippen LogP contribution in [0.3, 0.4) is 0 Å². The fourth-order valence-corrected chi connectivity index (χ4v) is 2.48. The minimum Gasteiger partial charge on any atom is -0.392 e. The van der Waals surface area contributed by atoms with Gasteiger partial charge in [0.2, 0.25) is 0 Å². The molecule has 1 aliphatic carbocycles. The van der Waals surface area contributed by atoms with Crippen molar-refractivity contribution >= 4 is 0 Å². The smallest absolute Gasteiger partial charge is 0.0693 e. The number of ether oxygens (including phenoxy) is 1. The minimum absolute atomic E-state index is 0.112. The van der Waals surface area contributed by atoms with Crippen molar-refractivity contribution in [1.82, 2.24) is 5.32 Å². The maximum absolute atomic E-state index is 9.59. The molecule has 2 N–H and O–H groups in total. The highest BCUT2D eigenvalue weighted by molar-refractivity contribution is 4.82. The van der Waals surface area contributed by atoms with E-state index in [0.29, 0.717) is 12.1 Å². The Morgan fingerprint density at radius 2 is 2.14 bits per heavy atom. The molecule has 0 bridgehead atoms. The van der Waals surface area contributed by atoms with Crippen molar-refractivity contribution in [2.45, 2.75) is 56.8 Å². The molecule has 0 aromatic carbocycles. The van der Waals surface area contributed by atoms with E-state index in [0.717, 1.165) is 32.4 Å². The lowest BCUT2D eigenvalue weighted by molar-refractivity contribution is 0.0993. The van der Waals surface area contributed by atoms with Crippen LogP contribution in [-0.2, 0) is 4.74 Å². The van der Waals surface area contributed by atoms with Crippen molar-refractivity contribution in [1.29, 1.82) is 0 Å². The van der Waals surface area contributed by atoms with Gasteiger partial charge in [-0.2, -0.15) is 0 Å². The van der Waals surface area contributed by atoms with Crippen LogP contribution in [0.15, 0.2) is 0 Å². The maximum atomic E-state index is 9.59. The second kappa shape index (κ2) is 5.10. The Bertz CT molecular complexity index is 169. The molecular formula is C11H21NO2. The van der Waals surface area contributed by atoms with Crippen molar-refractivity contribution in [3.63, 3.8) is 0 Å². The lowest BCUT2D eigenvalue weighted by Crippen LogP contribution is -2.37. The predicted octanol–water partition coefficient (Wildman–Crippen LogP) is 1.06. The summed E-state index contributed by atoms with van der Waals surface area (Å²) in [5.74, 6) is 0. The average molecular weight is 199 g/mol. The normalized spacial score (nSPS) is 37.9. The minimum atomic E-state index is -0.112. The number of hydrogen-bond acceptors (Lipinski definition) is 3. The van der Waals surface area contributed by atoms with Gasteiger partial charge >= 0.3 is 0 Å². The van der Waals surface area contributed by atoms with Crippen molar-refractivity contribution in [3.05, 3.63) is 0 Å². The first-order valence-corrected chi connectivity index (χ1v) is 5.89. The second-order valence-electron chi connectivity index (χ2n) is 4.48. The van der Waals surface area contributed by atoms with E-state index in [1.54, 1.807) is 0 Å². The number of aliphatic hydroxyl groups is 1. The van der Waals surface area contributed by atoms with Crippen LogP contribution in [0.2, 0.25) is 0 Å². The van der Waals surface area contributed by atoms with Crippen LogP contribution >= 0.6 is 0 Å². The zero-order valence-corrected chi connectivity index (χ0v) is 8.74. The number of hydrogen-bond donors (Lipinski definition) is 2. The molecule has 0 amide bonds. The van der Waals surface area contributed by atoms with E-state index in [2.05, 4.69) is 5.32 Å². The molecule has 1 unspecified atom stereocenters. The highest BCUT2D eigenvalue weighted by Crippen LogP contribution is 2.19. The van der Waals surface area contributed by atoms with E-state index in [1.807, 2.05) is 0 Å². The molecule has 3 nitrogen and oxygen atoms in total. The first-order valence-electron chi connectivity index (χ1n) is 5.89. The van der Waals surface area contributed by atoms with Crippen LogP contribution in [0, 0.1) is 0 Å². The summed E-state index contributed by atoms with van der Waals surface area (Å²) in [6.45, 7) is 1.93. The highest BCUT2D eigenvalue weighted by atomic mass is 16.5. The Morgan fingerprint density at radius 3 is 2.79 bits per heavy atom. The van der Waals surface area contributed by atoms with E-state index in [9.17, 15) is 5.11 Å². The molecule has 3 atom stereocenters. The van der Waals surface area contributed by atoms with Crippen LogP contribution in [0.4, 0.5) is 0 Å². The Morgan fingerprint density at radius 1 is 1.21 bits per heavy atom. The quantitative estimate of drug-likeness (QED) is 0.711. The number of rotatable bonds is 4. The fraction of sp³-hybridized carbons (Fsp3) is 1.00. The zero-order chi connectivity index (χ0) is 9.80. The second-order valence-corrected chi connectivity index (χ2v) is 4.48. The Balaban J connectivity index is 1.57. The van der Waals surface area contributed by atoms with Gasteiger partial charge in [-0.1, -0.05) is 0 Å². The van der Waals surface area contributed by atoms with Gasteiger partial charge in [0, 0.05) is 12.6 Å². The van der Waals surface area contributed by atoms with Crippen molar-refractivity contribution in [2.24, 2.45) is 0 Å². The van der Waals surface area contributed by atoms with Gasteiger partial charge in [-0.25, -0.2) is 0 Å². The van der Waals surface area contributed by atoms with Crippen molar-refractivity contribution in [3.8, 4) is 0 Å². The van der Waals surface area contributed by atoms with Gasteiger partial charge in [0.15, 0.2) is 0 Å². The summed E-state index contributed by atoms with van der Waals surface area (Å²) >= 11 is 0. The van der Waals surface area contributed by atoms with Gasteiger partial charge in [0.05, 0.1) is 12.2 Å². The van der Waals surface area contributed by atoms with Crippen molar-refractivity contribution < 1.29 is 9.84 Å². The monoisotopic (exact) mass is 199 g/mol. The van der Waals surface area contributed by atoms with Gasteiger partial charge in [-0.3, -0.25) is 0 Å². The molecule has 1 heterocycles. The highest BCUT2D eigenvalue weighted by Gasteiger charge is 2.24. The largest absolute Gasteiger partial charge is 0.392 e. The molecule has 3 heteroatoms. The average Bonchev–Trinajstić information content (AvgIpc) is 2.78. The van der Waals surface area contributed by atoms with Gasteiger partial charge in [0.1, 0.15) is 0 Å². The standard InChI is InChI=1S/C11H21NO2/c13-11-5-1-4-10(11)12-7-6-9-3-2-8-14-9/h9-13H,1-8H2/t9?,10-,11-/m1/s1. The molecular weight excluding hydrogens is 178 g/mol. The topological polar surface area (TPSA) is 41.5 Å². The summed E-state index contributed by atoms with van der Waals surface area (Å²) in [6, 6.07) is 0.344. The summed E-state index contributed by atoms with van der Waals surface area (Å²) < 4.78 is 5.54. The zero-order valence-electron chi connectivity index (χ0n) is 8.74.